The number of dihydropyridines is 1. The van der Waals surface area contributed by atoms with E-state index in [2.05, 4.69) is 5.32 Å². The van der Waals surface area contributed by atoms with Gasteiger partial charge in [-0.15, -0.1) is 0 Å². The highest BCUT2D eigenvalue weighted by molar-refractivity contribution is 5.94. The second kappa shape index (κ2) is 4.49. The minimum absolute atomic E-state index is 0.134. The number of carbonyl (C=O) groups excluding carboxylic acids is 1. The van der Waals surface area contributed by atoms with Gasteiger partial charge in [0.15, 0.2) is 0 Å². The molecule has 2 rings (SSSR count). The molecule has 0 spiro atoms. The number of hydrogen-bond donors (Lipinski definition) is 1. The smallest absolute Gasteiger partial charge is 0.251 e. The van der Waals surface area contributed by atoms with E-state index in [9.17, 15) is 4.79 Å². The van der Waals surface area contributed by atoms with E-state index in [0.29, 0.717) is 32.8 Å². The van der Waals surface area contributed by atoms with Crippen molar-refractivity contribution in [1.29, 1.82) is 0 Å². The number of allylic oxidation sites excluding steroid dienone is 3. The molecule has 0 atom stereocenters. The third kappa shape index (κ3) is 2.39. The maximum absolute atomic E-state index is 12.0. The number of ether oxygens (including phenoxy) is 1. The maximum atomic E-state index is 12.0. The molecule has 4 nitrogen and oxygen atoms in total. The van der Waals surface area contributed by atoms with Gasteiger partial charge >= 0.3 is 0 Å². The third-order valence-electron chi connectivity index (χ3n) is 2.67. The molecule has 82 valence electrons. The summed E-state index contributed by atoms with van der Waals surface area (Å²) in [6, 6.07) is 0. The predicted octanol–water partition coefficient (Wildman–Crippen LogP) is 0.279. The summed E-state index contributed by atoms with van der Waals surface area (Å²) in [6.07, 6.45) is 3.85. The second-order valence-electron chi connectivity index (χ2n) is 3.80. The van der Waals surface area contributed by atoms with Gasteiger partial charge in [-0.25, -0.2) is 0 Å². The molecule has 15 heavy (non-hydrogen) atoms. The van der Waals surface area contributed by atoms with Gasteiger partial charge in [-0.2, -0.15) is 0 Å². The first-order valence-corrected chi connectivity index (χ1v) is 5.26. The number of morpholine rings is 1. The van der Waals surface area contributed by atoms with Crippen LogP contribution in [0.1, 0.15) is 6.92 Å². The van der Waals surface area contributed by atoms with E-state index in [4.69, 9.17) is 4.74 Å². The molecule has 1 N–H and O–H groups in total. The van der Waals surface area contributed by atoms with E-state index in [-0.39, 0.29) is 5.91 Å². The van der Waals surface area contributed by atoms with Crippen LogP contribution in [0.5, 0.6) is 0 Å². The van der Waals surface area contributed by atoms with Crippen LogP contribution in [0, 0.1) is 0 Å². The Balaban J connectivity index is 2.01. The second-order valence-corrected chi connectivity index (χ2v) is 3.80. The number of hydrogen-bond acceptors (Lipinski definition) is 3. The Morgan fingerprint density at radius 3 is 2.73 bits per heavy atom. The molecule has 1 amide bonds. The van der Waals surface area contributed by atoms with Crippen molar-refractivity contribution in [2.75, 3.05) is 32.8 Å². The lowest BCUT2D eigenvalue weighted by atomic mass is 10.1. The Morgan fingerprint density at radius 1 is 1.40 bits per heavy atom. The van der Waals surface area contributed by atoms with Crippen molar-refractivity contribution in [1.82, 2.24) is 10.2 Å². The van der Waals surface area contributed by atoms with Crippen LogP contribution >= 0.6 is 0 Å². The number of nitrogens with one attached hydrogen (secondary N) is 1. The Labute approximate surface area is 89.6 Å². The number of nitrogens with zero attached hydrogens (tertiary/aromatic N) is 1. The fourth-order valence-electron chi connectivity index (χ4n) is 1.69. The Morgan fingerprint density at radius 2 is 2.13 bits per heavy atom. The zero-order chi connectivity index (χ0) is 10.7. The van der Waals surface area contributed by atoms with Crippen LogP contribution in [0.3, 0.4) is 0 Å². The number of amides is 1. The Hall–Kier alpha value is -1.29. The largest absolute Gasteiger partial charge is 0.384 e. The zero-order valence-electron chi connectivity index (χ0n) is 8.95. The molecule has 1 fully saturated rings. The molecule has 2 heterocycles. The summed E-state index contributed by atoms with van der Waals surface area (Å²) < 4.78 is 5.21. The fourth-order valence-corrected chi connectivity index (χ4v) is 1.69. The van der Waals surface area contributed by atoms with Crippen molar-refractivity contribution in [3.05, 3.63) is 23.4 Å². The van der Waals surface area contributed by atoms with Crippen molar-refractivity contribution in [3.63, 3.8) is 0 Å². The van der Waals surface area contributed by atoms with Crippen molar-refractivity contribution in [3.8, 4) is 0 Å². The van der Waals surface area contributed by atoms with Crippen LogP contribution in [-0.2, 0) is 9.53 Å². The average molecular weight is 208 g/mol. The minimum atomic E-state index is 0.134. The summed E-state index contributed by atoms with van der Waals surface area (Å²) in [5.41, 5.74) is 1.94. The molecule has 1 saturated heterocycles. The highest BCUT2D eigenvalue weighted by Gasteiger charge is 2.20. The highest BCUT2D eigenvalue weighted by atomic mass is 16.5. The highest BCUT2D eigenvalue weighted by Crippen LogP contribution is 2.09. The van der Waals surface area contributed by atoms with Crippen molar-refractivity contribution in [2.24, 2.45) is 0 Å². The van der Waals surface area contributed by atoms with Crippen LogP contribution in [-0.4, -0.2) is 43.7 Å². The van der Waals surface area contributed by atoms with Gasteiger partial charge in [-0.05, 0) is 13.0 Å². The lowest BCUT2D eigenvalue weighted by Gasteiger charge is -2.28. The molecule has 0 aromatic carbocycles. The van der Waals surface area contributed by atoms with Crippen LogP contribution in [0.4, 0.5) is 0 Å². The van der Waals surface area contributed by atoms with Crippen molar-refractivity contribution < 1.29 is 9.53 Å². The first kappa shape index (κ1) is 10.2. The summed E-state index contributed by atoms with van der Waals surface area (Å²) >= 11 is 0. The molecule has 0 aromatic heterocycles. The zero-order valence-corrected chi connectivity index (χ0v) is 8.95. The standard InChI is InChI=1S/C11H16N2O2/c1-9-2-3-10(8-12-9)11(14)13-4-6-15-7-5-13/h2-3,12H,4-8H2,1H3. The predicted molar refractivity (Wildman–Crippen MR) is 57.2 cm³/mol. The Kier molecular flexibility index (Phi) is 3.06. The van der Waals surface area contributed by atoms with Gasteiger partial charge in [0.05, 0.1) is 13.2 Å². The van der Waals surface area contributed by atoms with Crippen LogP contribution in [0.2, 0.25) is 0 Å². The lowest BCUT2D eigenvalue weighted by molar-refractivity contribution is -0.131. The van der Waals surface area contributed by atoms with Gasteiger partial charge in [-0.3, -0.25) is 4.79 Å². The van der Waals surface area contributed by atoms with E-state index in [1.807, 2.05) is 24.0 Å². The summed E-state index contributed by atoms with van der Waals surface area (Å²) in [4.78, 5) is 13.8. The van der Waals surface area contributed by atoms with E-state index >= 15 is 0 Å². The molecule has 0 aliphatic carbocycles. The maximum Gasteiger partial charge on any atom is 0.251 e. The van der Waals surface area contributed by atoms with Gasteiger partial charge in [-0.1, -0.05) is 6.08 Å². The topological polar surface area (TPSA) is 41.6 Å². The summed E-state index contributed by atoms with van der Waals surface area (Å²) in [6.45, 7) is 5.35. The normalized spacial score (nSPS) is 21.5. The Bertz CT molecular complexity index is 315. The van der Waals surface area contributed by atoms with Crippen LogP contribution in [0.15, 0.2) is 23.4 Å². The minimum Gasteiger partial charge on any atom is -0.384 e. The van der Waals surface area contributed by atoms with Crippen molar-refractivity contribution >= 4 is 5.91 Å². The van der Waals surface area contributed by atoms with Gasteiger partial charge in [0.2, 0.25) is 0 Å². The number of carbonyl (C=O) groups is 1. The quantitative estimate of drug-likeness (QED) is 0.673. The van der Waals surface area contributed by atoms with Crippen LogP contribution in [0.25, 0.3) is 0 Å². The molecular formula is C11H16N2O2. The average Bonchev–Trinajstić information content (AvgIpc) is 2.30. The van der Waals surface area contributed by atoms with Gasteiger partial charge in [0.25, 0.3) is 5.91 Å². The van der Waals surface area contributed by atoms with Gasteiger partial charge in [0, 0.05) is 30.9 Å². The molecule has 4 heteroatoms. The molecular weight excluding hydrogens is 192 g/mol. The monoisotopic (exact) mass is 208 g/mol. The van der Waals surface area contributed by atoms with Gasteiger partial charge < -0.3 is 15.0 Å². The fraction of sp³-hybridized carbons (Fsp3) is 0.545. The first-order valence-electron chi connectivity index (χ1n) is 5.26. The van der Waals surface area contributed by atoms with E-state index < -0.39 is 0 Å². The third-order valence-corrected chi connectivity index (χ3v) is 2.67. The molecule has 2 aliphatic rings. The SMILES string of the molecule is CC1=CC=C(C(=O)N2CCOCC2)CN1. The van der Waals surface area contributed by atoms with Crippen molar-refractivity contribution in [2.45, 2.75) is 6.92 Å². The van der Waals surface area contributed by atoms with Gasteiger partial charge in [0.1, 0.15) is 0 Å². The summed E-state index contributed by atoms with van der Waals surface area (Å²) in [5, 5.41) is 3.17. The van der Waals surface area contributed by atoms with E-state index in [1.165, 1.54) is 0 Å². The number of rotatable bonds is 1. The summed E-state index contributed by atoms with van der Waals surface area (Å²) in [5.74, 6) is 0.134. The lowest BCUT2D eigenvalue weighted by Crippen LogP contribution is -2.43. The molecule has 0 unspecified atom stereocenters. The van der Waals surface area contributed by atoms with E-state index in [1.54, 1.807) is 0 Å². The molecule has 0 saturated carbocycles. The van der Waals surface area contributed by atoms with Crippen LogP contribution < -0.4 is 5.32 Å². The molecule has 0 bridgehead atoms. The molecule has 2 aliphatic heterocycles. The summed E-state index contributed by atoms with van der Waals surface area (Å²) in [7, 11) is 0. The van der Waals surface area contributed by atoms with E-state index in [0.717, 1.165) is 11.3 Å². The molecule has 0 radical (unpaired) electrons. The first-order chi connectivity index (χ1) is 7.27. The molecule has 0 aromatic rings.